The predicted octanol–water partition coefficient (Wildman–Crippen LogP) is 4.98. The van der Waals surface area contributed by atoms with Gasteiger partial charge in [-0.25, -0.2) is 0 Å². The summed E-state index contributed by atoms with van der Waals surface area (Å²) in [6.45, 7) is 8.92. The van der Waals surface area contributed by atoms with E-state index in [0.717, 1.165) is 29.2 Å². The minimum atomic E-state index is -0.243. The Morgan fingerprint density at radius 3 is 2.65 bits per heavy atom. The quantitative estimate of drug-likeness (QED) is 0.743. The van der Waals surface area contributed by atoms with E-state index in [0.29, 0.717) is 11.7 Å². The molecule has 2 aromatic rings. The third-order valence-electron chi connectivity index (χ3n) is 4.35. The molecule has 1 heterocycles. The van der Waals surface area contributed by atoms with Crippen molar-refractivity contribution in [3.8, 4) is 11.5 Å². The number of anilines is 1. The molecule has 5 heteroatoms. The number of hydrogen-bond acceptors (Lipinski definition) is 3. The van der Waals surface area contributed by atoms with E-state index >= 15 is 0 Å². The largest absolute Gasteiger partial charge is 0.494 e. The van der Waals surface area contributed by atoms with E-state index < -0.39 is 0 Å². The molecule has 138 valence electrons. The molecule has 4 nitrogen and oxygen atoms in total. The van der Waals surface area contributed by atoms with Crippen LogP contribution in [0.2, 0.25) is 0 Å². The predicted molar refractivity (Wildman–Crippen MR) is 110 cm³/mol. The first kappa shape index (κ1) is 18.5. The van der Waals surface area contributed by atoms with Gasteiger partial charge in [-0.3, -0.25) is 0 Å². The van der Waals surface area contributed by atoms with Crippen LogP contribution in [-0.2, 0) is 0 Å². The van der Waals surface area contributed by atoms with E-state index in [1.807, 2.05) is 31.2 Å². The SMILES string of the molecule is CCOc1ccc(NC(=S)NC2CC(C)(C)Oc3cc(C)ccc32)cc1. The van der Waals surface area contributed by atoms with Crippen LogP contribution in [0.4, 0.5) is 5.69 Å². The highest BCUT2D eigenvalue weighted by atomic mass is 32.1. The van der Waals surface area contributed by atoms with Crippen LogP contribution in [0.1, 0.15) is 44.4 Å². The van der Waals surface area contributed by atoms with Crippen LogP contribution >= 0.6 is 12.2 Å². The van der Waals surface area contributed by atoms with E-state index in [1.54, 1.807) is 0 Å². The van der Waals surface area contributed by atoms with Crippen molar-refractivity contribution in [2.45, 2.75) is 45.8 Å². The lowest BCUT2D eigenvalue weighted by Gasteiger charge is -2.38. The van der Waals surface area contributed by atoms with Gasteiger partial charge in [-0.15, -0.1) is 0 Å². The maximum absolute atomic E-state index is 6.15. The molecule has 1 aliphatic rings. The topological polar surface area (TPSA) is 42.5 Å². The monoisotopic (exact) mass is 370 g/mol. The molecule has 0 saturated heterocycles. The lowest BCUT2D eigenvalue weighted by Crippen LogP contribution is -2.42. The Labute approximate surface area is 160 Å². The number of ether oxygens (including phenoxy) is 2. The van der Waals surface area contributed by atoms with Gasteiger partial charge in [0.25, 0.3) is 0 Å². The summed E-state index contributed by atoms with van der Waals surface area (Å²) in [5, 5.41) is 7.30. The van der Waals surface area contributed by atoms with Crippen molar-refractivity contribution in [1.29, 1.82) is 0 Å². The van der Waals surface area contributed by atoms with Gasteiger partial charge in [0.15, 0.2) is 5.11 Å². The molecule has 26 heavy (non-hydrogen) atoms. The second-order valence-corrected chi connectivity index (χ2v) is 7.62. The highest BCUT2D eigenvalue weighted by Gasteiger charge is 2.34. The van der Waals surface area contributed by atoms with Crippen LogP contribution in [0.3, 0.4) is 0 Å². The average Bonchev–Trinajstić information content (AvgIpc) is 2.55. The van der Waals surface area contributed by atoms with Crippen LogP contribution in [-0.4, -0.2) is 17.3 Å². The molecule has 0 spiro atoms. The van der Waals surface area contributed by atoms with E-state index in [-0.39, 0.29) is 11.6 Å². The molecule has 0 bridgehead atoms. The molecule has 0 fully saturated rings. The van der Waals surface area contributed by atoms with E-state index in [4.69, 9.17) is 21.7 Å². The molecule has 2 N–H and O–H groups in total. The number of aryl methyl sites for hydroxylation is 1. The van der Waals surface area contributed by atoms with Crippen LogP contribution in [0.15, 0.2) is 42.5 Å². The number of thiocarbonyl (C=S) groups is 1. The lowest BCUT2D eigenvalue weighted by molar-refractivity contribution is 0.0696. The molecule has 0 aliphatic carbocycles. The fourth-order valence-corrected chi connectivity index (χ4v) is 3.47. The molecule has 0 saturated carbocycles. The molecule has 1 aliphatic heterocycles. The summed E-state index contributed by atoms with van der Waals surface area (Å²) in [4.78, 5) is 0. The van der Waals surface area contributed by atoms with Gasteiger partial charge in [0, 0.05) is 17.7 Å². The number of benzene rings is 2. The lowest BCUT2D eigenvalue weighted by atomic mass is 9.89. The van der Waals surface area contributed by atoms with Gasteiger partial charge in [-0.1, -0.05) is 12.1 Å². The summed E-state index contributed by atoms with van der Waals surface area (Å²) in [7, 11) is 0. The second kappa shape index (κ2) is 7.54. The number of fused-ring (bicyclic) bond motifs is 1. The Hall–Kier alpha value is -2.27. The van der Waals surface area contributed by atoms with Crippen molar-refractivity contribution < 1.29 is 9.47 Å². The zero-order valence-corrected chi connectivity index (χ0v) is 16.6. The fourth-order valence-electron chi connectivity index (χ4n) is 3.21. The van der Waals surface area contributed by atoms with Gasteiger partial charge in [-0.05, 0) is 75.8 Å². The highest BCUT2D eigenvalue weighted by molar-refractivity contribution is 7.80. The van der Waals surface area contributed by atoms with Gasteiger partial charge < -0.3 is 20.1 Å². The van der Waals surface area contributed by atoms with Crippen LogP contribution in [0.5, 0.6) is 11.5 Å². The summed E-state index contributed by atoms with van der Waals surface area (Å²) in [5.74, 6) is 1.79. The van der Waals surface area contributed by atoms with Gasteiger partial charge in [-0.2, -0.15) is 0 Å². The smallest absolute Gasteiger partial charge is 0.171 e. The first-order valence-electron chi connectivity index (χ1n) is 8.96. The average molecular weight is 371 g/mol. The number of nitrogens with one attached hydrogen (secondary N) is 2. The van der Waals surface area contributed by atoms with Crippen molar-refractivity contribution in [2.24, 2.45) is 0 Å². The van der Waals surface area contributed by atoms with E-state index in [9.17, 15) is 0 Å². The summed E-state index contributed by atoms with van der Waals surface area (Å²) in [6.07, 6.45) is 0.841. The standard InChI is InChI=1S/C21H26N2O2S/c1-5-24-16-9-7-15(8-10-16)22-20(26)23-18-13-21(3,4)25-19-12-14(2)6-11-17(18)19/h6-12,18H,5,13H2,1-4H3,(H2,22,23,26). The maximum atomic E-state index is 6.15. The van der Waals surface area contributed by atoms with E-state index in [2.05, 4.69) is 49.6 Å². The molecular formula is C21H26N2O2S. The maximum Gasteiger partial charge on any atom is 0.171 e. The van der Waals surface area contributed by atoms with E-state index in [1.165, 1.54) is 5.56 Å². The third-order valence-corrected chi connectivity index (χ3v) is 4.57. The van der Waals surface area contributed by atoms with Crippen molar-refractivity contribution in [1.82, 2.24) is 5.32 Å². The Morgan fingerprint density at radius 1 is 1.23 bits per heavy atom. The van der Waals surface area contributed by atoms with Gasteiger partial charge in [0.1, 0.15) is 17.1 Å². The van der Waals surface area contributed by atoms with Crippen LogP contribution in [0.25, 0.3) is 0 Å². The zero-order valence-electron chi connectivity index (χ0n) is 15.8. The molecule has 0 aromatic heterocycles. The van der Waals surface area contributed by atoms with Crippen molar-refractivity contribution in [3.05, 3.63) is 53.6 Å². The zero-order chi connectivity index (χ0) is 18.7. The minimum absolute atomic E-state index is 0.108. The molecule has 2 aromatic carbocycles. The van der Waals surface area contributed by atoms with Gasteiger partial charge in [0.05, 0.1) is 12.6 Å². The first-order chi connectivity index (χ1) is 12.4. The Bertz CT molecular complexity index is 787. The first-order valence-corrected chi connectivity index (χ1v) is 9.37. The molecule has 1 unspecified atom stereocenters. The normalized spacial score (nSPS) is 17.6. The minimum Gasteiger partial charge on any atom is -0.494 e. The fraction of sp³-hybridized carbons (Fsp3) is 0.381. The third kappa shape index (κ3) is 4.47. The molecule has 0 amide bonds. The molecule has 0 radical (unpaired) electrons. The van der Waals surface area contributed by atoms with Crippen molar-refractivity contribution >= 4 is 23.0 Å². The molecule has 1 atom stereocenters. The Kier molecular flexibility index (Phi) is 5.37. The highest BCUT2D eigenvalue weighted by Crippen LogP contribution is 2.39. The van der Waals surface area contributed by atoms with Gasteiger partial charge in [0.2, 0.25) is 0 Å². The number of hydrogen-bond donors (Lipinski definition) is 2. The number of rotatable bonds is 4. The van der Waals surface area contributed by atoms with Crippen molar-refractivity contribution in [3.63, 3.8) is 0 Å². The van der Waals surface area contributed by atoms with Crippen LogP contribution < -0.4 is 20.1 Å². The van der Waals surface area contributed by atoms with Crippen molar-refractivity contribution in [2.75, 3.05) is 11.9 Å². The Balaban J connectivity index is 1.70. The summed E-state index contributed by atoms with van der Waals surface area (Å²) < 4.78 is 11.6. The summed E-state index contributed by atoms with van der Waals surface area (Å²) >= 11 is 5.54. The molecule has 3 rings (SSSR count). The summed E-state index contributed by atoms with van der Waals surface area (Å²) in [5.41, 5.74) is 3.02. The van der Waals surface area contributed by atoms with Crippen LogP contribution in [0, 0.1) is 6.92 Å². The summed E-state index contributed by atoms with van der Waals surface area (Å²) in [6, 6.07) is 14.2. The molecular weight excluding hydrogens is 344 g/mol. The second-order valence-electron chi connectivity index (χ2n) is 7.22. The Morgan fingerprint density at radius 2 is 1.96 bits per heavy atom. The van der Waals surface area contributed by atoms with Gasteiger partial charge >= 0.3 is 0 Å².